The third-order valence-electron chi connectivity index (χ3n) is 6.69. The average molecular weight is 446 g/mol. The molecule has 0 spiro atoms. The molecule has 1 aliphatic heterocycles. The molecular weight excluding hydrogens is 417 g/mol. The summed E-state index contributed by atoms with van der Waals surface area (Å²) in [5.74, 6) is 2.49. The predicted molar refractivity (Wildman–Crippen MR) is 125 cm³/mol. The van der Waals surface area contributed by atoms with E-state index in [0.29, 0.717) is 25.0 Å². The molecule has 5 heteroatoms. The molecule has 1 aliphatic carbocycles. The van der Waals surface area contributed by atoms with Gasteiger partial charge in [0.15, 0.2) is 5.78 Å². The first-order chi connectivity index (χ1) is 16.1. The summed E-state index contributed by atoms with van der Waals surface area (Å²) < 4.78 is 24.9. The zero-order valence-electron chi connectivity index (χ0n) is 18.5. The number of ether oxygens (including phenoxy) is 2. The largest absolute Gasteiger partial charge is 0.490 e. The Hall–Kier alpha value is -3.18. The fourth-order valence-corrected chi connectivity index (χ4v) is 5.04. The minimum Gasteiger partial charge on any atom is -0.490 e. The van der Waals surface area contributed by atoms with Gasteiger partial charge in [-0.25, -0.2) is 4.39 Å². The number of fused-ring (bicyclic) bond motifs is 1. The summed E-state index contributed by atoms with van der Waals surface area (Å²) in [5, 5.41) is 0. The fourth-order valence-electron chi connectivity index (χ4n) is 5.04. The van der Waals surface area contributed by atoms with Crippen LogP contribution in [0.15, 0.2) is 78.9 Å². The van der Waals surface area contributed by atoms with Crippen LogP contribution in [0.25, 0.3) is 0 Å². The first-order valence-corrected chi connectivity index (χ1v) is 11.6. The van der Waals surface area contributed by atoms with E-state index in [1.807, 2.05) is 54.6 Å². The standard InChI is InChI=1S/C28H28FNO3/c29-24-8-12-26(13-9-24)33-27-14-22-16-30(17-23(22)15-27)18-28(31)21-6-10-25(11-7-21)32-19-20-4-2-1-3-5-20/h1-13,22-23,27H,14-19H2/t22-,23+,27-. The lowest BCUT2D eigenvalue weighted by molar-refractivity contribution is 0.0936. The van der Waals surface area contributed by atoms with E-state index in [9.17, 15) is 9.18 Å². The van der Waals surface area contributed by atoms with Crippen LogP contribution in [0.4, 0.5) is 4.39 Å². The topological polar surface area (TPSA) is 38.8 Å². The average Bonchev–Trinajstić information content (AvgIpc) is 3.38. The quantitative estimate of drug-likeness (QED) is 0.437. The highest BCUT2D eigenvalue weighted by Gasteiger charge is 2.42. The normalized spacial score (nSPS) is 22.2. The Balaban J connectivity index is 1.08. The van der Waals surface area contributed by atoms with Crippen LogP contribution in [0, 0.1) is 17.7 Å². The van der Waals surface area contributed by atoms with Crippen molar-refractivity contribution in [3.63, 3.8) is 0 Å². The molecule has 3 atom stereocenters. The smallest absolute Gasteiger partial charge is 0.176 e. The predicted octanol–water partition coefficient (Wildman–Crippen LogP) is 5.38. The van der Waals surface area contributed by atoms with Crippen molar-refractivity contribution >= 4 is 5.78 Å². The number of Topliss-reactive ketones (excluding diaryl/α,β-unsaturated/α-hetero) is 1. The first-order valence-electron chi connectivity index (χ1n) is 11.6. The van der Waals surface area contributed by atoms with Crippen molar-refractivity contribution in [2.75, 3.05) is 19.6 Å². The molecular formula is C28H28FNO3. The van der Waals surface area contributed by atoms with E-state index in [-0.39, 0.29) is 17.7 Å². The first kappa shape index (κ1) is 21.7. The van der Waals surface area contributed by atoms with Crippen LogP contribution in [0.5, 0.6) is 11.5 Å². The Kier molecular flexibility index (Phi) is 6.40. The Labute approximate surface area is 193 Å². The van der Waals surface area contributed by atoms with E-state index >= 15 is 0 Å². The molecule has 170 valence electrons. The molecule has 0 unspecified atom stereocenters. The number of halogens is 1. The number of carbonyl (C=O) groups is 1. The summed E-state index contributed by atoms with van der Waals surface area (Å²) in [6.45, 7) is 2.81. The number of hydrogen-bond donors (Lipinski definition) is 0. The molecule has 0 aromatic heterocycles. The van der Waals surface area contributed by atoms with E-state index in [1.54, 1.807) is 12.1 Å². The number of rotatable bonds is 8. The molecule has 3 aromatic carbocycles. The highest BCUT2D eigenvalue weighted by molar-refractivity contribution is 5.97. The van der Waals surface area contributed by atoms with Crippen molar-refractivity contribution in [1.29, 1.82) is 0 Å². The van der Waals surface area contributed by atoms with Gasteiger partial charge in [-0.3, -0.25) is 9.69 Å². The van der Waals surface area contributed by atoms with E-state index < -0.39 is 0 Å². The van der Waals surface area contributed by atoms with E-state index in [1.165, 1.54) is 12.1 Å². The minimum absolute atomic E-state index is 0.142. The zero-order chi connectivity index (χ0) is 22.6. The second-order valence-corrected chi connectivity index (χ2v) is 9.10. The van der Waals surface area contributed by atoms with Gasteiger partial charge in [0.1, 0.15) is 23.9 Å². The van der Waals surface area contributed by atoms with Gasteiger partial charge in [0, 0.05) is 18.7 Å². The van der Waals surface area contributed by atoms with Crippen molar-refractivity contribution in [3.8, 4) is 11.5 Å². The van der Waals surface area contributed by atoms with Gasteiger partial charge in [-0.05, 0) is 78.8 Å². The number of hydrogen-bond acceptors (Lipinski definition) is 4. The van der Waals surface area contributed by atoms with Crippen LogP contribution >= 0.6 is 0 Å². The summed E-state index contributed by atoms with van der Waals surface area (Å²) in [6, 6.07) is 23.7. The van der Waals surface area contributed by atoms with Gasteiger partial charge in [-0.2, -0.15) is 0 Å². The van der Waals surface area contributed by atoms with Gasteiger partial charge >= 0.3 is 0 Å². The van der Waals surface area contributed by atoms with Crippen LogP contribution in [0.1, 0.15) is 28.8 Å². The van der Waals surface area contributed by atoms with Crippen molar-refractivity contribution in [3.05, 3.63) is 95.8 Å². The van der Waals surface area contributed by atoms with E-state index in [0.717, 1.165) is 48.6 Å². The summed E-state index contributed by atoms with van der Waals surface area (Å²) in [4.78, 5) is 15.1. The molecule has 0 N–H and O–H groups in total. The summed E-state index contributed by atoms with van der Waals surface area (Å²) in [5.41, 5.74) is 1.83. The number of likely N-dealkylation sites (tertiary alicyclic amines) is 1. The number of carbonyl (C=O) groups excluding carboxylic acids is 1. The summed E-state index contributed by atoms with van der Waals surface area (Å²) in [6.07, 6.45) is 2.15. The highest BCUT2D eigenvalue weighted by Crippen LogP contribution is 2.39. The van der Waals surface area contributed by atoms with Gasteiger partial charge in [0.05, 0.1) is 12.6 Å². The second kappa shape index (κ2) is 9.75. The molecule has 2 fully saturated rings. The Morgan fingerprint density at radius 2 is 1.48 bits per heavy atom. The maximum Gasteiger partial charge on any atom is 0.176 e. The van der Waals surface area contributed by atoms with Crippen molar-refractivity contribution in [2.45, 2.75) is 25.6 Å². The lowest BCUT2D eigenvalue weighted by Gasteiger charge is -2.19. The molecule has 4 nitrogen and oxygen atoms in total. The maximum atomic E-state index is 13.1. The molecule has 5 rings (SSSR count). The maximum absolute atomic E-state index is 13.1. The van der Waals surface area contributed by atoms with Crippen molar-refractivity contribution < 1.29 is 18.7 Å². The van der Waals surface area contributed by atoms with Crippen LogP contribution in [0.3, 0.4) is 0 Å². The molecule has 2 aliphatic rings. The highest BCUT2D eigenvalue weighted by atomic mass is 19.1. The Bertz CT molecular complexity index is 1050. The molecule has 0 bridgehead atoms. The number of ketones is 1. The fraction of sp³-hybridized carbons (Fsp3) is 0.321. The molecule has 3 aromatic rings. The Morgan fingerprint density at radius 1 is 0.848 bits per heavy atom. The summed E-state index contributed by atoms with van der Waals surface area (Å²) in [7, 11) is 0. The van der Waals surface area contributed by atoms with Crippen LogP contribution in [-0.4, -0.2) is 36.4 Å². The van der Waals surface area contributed by atoms with Crippen molar-refractivity contribution in [2.24, 2.45) is 11.8 Å². The zero-order valence-corrected chi connectivity index (χ0v) is 18.5. The molecule has 0 amide bonds. The minimum atomic E-state index is -0.250. The van der Waals surface area contributed by atoms with Crippen molar-refractivity contribution in [1.82, 2.24) is 4.90 Å². The molecule has 33 heavy (non-hydrogen) atoms. The molecule has 1 heterocycles. The lowest BCUT2D eigenvalue weighted by atomic mass is 10.0. The van der Waals surface area contributed by atoms with Gasteiger partial charge in [-0.1, -0.05) is 30.3 Å². The third-order valence-corrected chi connectivity index (χ3v) is 6.69. The Morgan fingerprint density at radius 3 is 2.15 bits per heavy atom. The second-order valence-electron chi connectivity index (χ2n) is 9.10. The SMILES string of the molecule is O=C(CN1C[C@H]2C[C@@H](Oc3ccc(F)cc3)C[C@H]2C1)c1ccc(OCc2ccccc2)cc1. The van der Waals surface area contributed by atoms with Crippen LogP contribution < -0.4 is 9.47 Å². The number of benzene rings is 3. The molecule has 1 saturated heterocycles. The molecule has 0 radical (unpaired) electrons. The number of nitrogens with zero attached hydrogens (tertiary/aromatic N) is 1. The van der Waals surface area contributed by atoms with Gasteiger partial charge in [-0.15, -0.1) is 0 Å². The third kappa shape index (κ3) is 5.42. The molecule has 1 saturated carbocycles. The van der Waals surface area contributed by atoms with E-state index in [4.69, 9.17) is 9.47 Å². The van der Waals surface area contributed by atoms with Gasteiger partial charge < -0.3 is 9.47 Å². The van der Waals surface area contributed by atoms with Gasteiger partial charge in [0.2, 0.25) is 0 Å². The van der Waals surface area contributed by atoms with E-state index in [2.05, 4.69) is 4.90 Å². The van der Waals surface area contributed by atoms with Gasteiger partial charge in [0.25, 0.3) is 0 Å². The van der Waals surface area contributed by atoms with Crippen LogP contribution in [0.2, 0.25) is 0 Å². The monoisotopic (exact) mass is 445 g/mol. The van der Waals surface area contributed by atoms with Crippen LogP contribution in [-0.2, 0) is 6.61 Å². The lowest BCUT2D eigenvalue weighted by Crippen LogP contribution is -2.30. The summed E-state index contributed by atoms with van der Waals surface area (Å²) >= 11 is 0.